The van der Waals surface area contributed by atoms with Gasteiger partial charge in [-0.25, -0.2) is 10.2 Å². The Morgan fingerprint density at radius 1 is 1.55 bits per heavy atom. The van der Waals surface area contributed by atoms with E-state index in [0.717, 1.165) is 17.8 Å². The van der Waals surface area contributed by atoms with Gasteiger partial charge in [-0.1, -0.05) is 22.9 Å². The summed E-state index contributed by atoms with van der Waals surface area (Å²) in [5.74, 6) is 0. The fourth-order valence-electron chi connectivity index (χ4n) is 1.20. The summed E-state index contributed by atoms with van der Waals surface area (Å²) in [5, 5.41) is 16.6. The van der Waals surface area contributed by atoms with Crippen LogP contribution in [0.4, 0.5) is 5.13 Å². The molecule has 0 spiro atoms. The number of nitrogens with one attached hydrogen (secondary N) is 2. The van der Waals surface area contributed by atoms with Gasteiger partial charge >= 0.3 is 12.8 Å². The molecule has 20 heavy (non-hydrogen) atoms. The Morgan fingerprint density at radius 2 is 2.25 bits per heavy atom. The van der Waals surface area contributed by atoms with Crippen LogP contribution in [0, 0.1) is 10.1 Å². The van der Waals surface area contributed by atoms with Crippen LogP contribution in [0.5, 0.6) is 0 Å². The molecular formula is C9H16BrN4O4PS. The average Bonchev–Trinajstić information content (AvgIpc) is 2.90. The number of alkyl halides is 1. The molecule has 0 aromatic carbocycles. The summed E-state index contributed by atoms with van der Waals surface area (Å²) in [7, 11) is -3.15. The van der Waals surface area contributed by atoms with Crippen LogP contribution in [0.1, 0.15) is 18.2 Å². The lowest BCUT2D eigenvalue weighted by atomic mass is 10.5. The first-order valence-electron chi connectivity index (χ1n) is 5.90. The number of halogens is 1. The number of nitro groups is 1. The fraction of sp³-hybridized carbons (Fsp3) is 0.667. The SMILES string of the molecule is CCCNP(=O)(NCCBr)OCc1cnc([N+](=O)[O-])s1. The minimum absolute atomic E-state index is 0.00871. The largest absolute Gasteiger partial charge is 0.423 e. The maximum absolute atomic E-state index is 12.4. The quantitative estimate of drug-likeness (QED) is 0.275. The molecule has 11 heteroatoms. The number of hydrogen-bond acceptors (Lipinski definition) is 6. The molecule has 1 aromatic heterocycles. The second-order valence-corrected chi connectivity index (χ2v) is 7.58. The van der Waals surface area contributed by atoms with Gasteiger partial charge in [-0.2, -0.15) is 0 Å². The summed E-state index contributed by atoms with van der Waals surface area (Å²) in [4.78, 5) is 14.2. The minimum Gasteiger partial charge on any atom is -0.357 e. The third-order valence-electron chi connectivity index (χ3n) is 2.07. The third-order valence-corrected chi connectivity index (χ3v) is 5.16. The van der Waals surface area contributed by atoms with E-state index < -0.39 is 12.6 Å². The van der Waals surface area contributed by atoms with Crippen molar-refractivity contribution in [1.82, 2.24) is 15.2 Å². The lowest BCUT2D eigenvalue weighted by Gasteiger charge is -2.19. The number of nitrogens with zero attached hydrogens (tertiary/aromatic N) is 2. The third kappa shape index (κ3) is 5.94. The summed E-state index contributed by atoms with van der Waals surface area (Å²) in [6.07, 6.45) is 2.17. The Bertz CT molecular complexity index is 474. The standard InChI is InChI=1S/C9H16BrN4O4PS/c1-2-4-12-19(17,13-5-3-10)18-7-8-6-11-9(20-8)14(15)16/h6H,2-5,7H2,1H3,(H2,12,13,17). The lowest BCUT2D eigenvalue weighted by molar-refractivity contribution is -0.384. The van der Waals surface area contributed by atoms with E-state index in [9.17, 15) is 14.7 Å². The summed E-state index contributed by atoms with van der Waals surface area (Å²) in [6, 6.07) is 0. The topological polar surface area (TPSA) is 106 Å². The molecule has 1 rings (SSSR count). The predicted molar refractivity (Wildman–Crippen MR) is 81.3 cm³/mol. The molecule has 0 saturated heterocycles. The van der Waals surface area contributed by atoms with Gasteiger partial charge in [0, 0.05) is 18.4 Å². The van der Waals surface area contributed by atoms with Crippen molar-refractivity contribution in [3.05, 3.63) is 21.2 Å². The molecule has 2 N–H and O–H groups in total. The normalized spacial score (nSPS) is 14.1. The van der Waals surface area contributed by atoms with E-state index in [-0.39, 0.29) is 11.7 Å². The first-order chi connectivity index (χ1) is 9.50. The number of hydrogen-bond donors (Lipinski definition) is 2. The predicted octanol–water partition coefficient (Wildman–Crippen LogP) is 2.66. The highest BCUT2D eigenvalue weighted by Crippen LogP contribution is 2.39. The highest BCUT2D eigenvalue weighted by atomic mass is 79.9. The molecule has 0 saturated carbocycles. The van der Waals surface area contributed by atoms with Gasteiger partial charge in [0.15, 0.2) is 6.20 Å². The van der Waals surface area contributed by atoms with Crippen LogP contribution in [-0.4, -0.2) is 28.3 Å². The van der Waals surface area contributed by atoms with Crippen molar-refractivity contribution in [1.29, 1.82) is 0 Å². The van der Waals surface area contributed by atoms with Crippen LogP contribution in [0.2, 0.25) is 0 Å². The molecule has 8 nitrogen and oxygen atoms in total. The van der Waals surface area contributed by atoms with E-state index in [2.05, 4.69) is 31.1 Å². The van der Waals surface area contributed by atoms with Gasteiger partial charge in [0.2, 0.25) is 0 Å². The Hall–Kier alpha value is -0.380. The number of thiazole rings is 1. The number of rotatable bonds is 10. The Balaban J connectivity index is 2.59. The van der Waals surface area contributed by atoms with Gasteiger partial charge in [-0.05, 0) is 27.7 Å². The van der Waals surface area contributed by atoms with Crippen molar-refractivity contribution < 1.29 is 14.0 Å². The molecule has 0 radical (unpaired) electrons. The van der Waals surface area contributed by atoms with Crippen LogP contribution in [0.25, 0.3) is 0 Å². The van der Waals surface area contributed by atoms with Gasteiger partial charge in [0.1, 0.15) is 0 Å². The van der Waals surface area contributed by atoms with Crippen molar-refractivity contribution in [2.75, 3.05) is 18.4 Å². The van der Waals surface area contributed by atoms with E-state index in [1.54, 1.807) is 0 Å². The lowest BCUT2D eigenvalue weighted by Crippen LogP contribution is -2.26. The maximum atomic E-state index is 12.4. The van der Waals surface area contributed by atoms with Crippen molar-refractivity contribution in [3.8, 4) is 0 Å². The zero-order valence-corrected chi connectivity index (χ0v) is 14.2. The molecular weight excluding hydrogens is 371 g/mol. The van der Waals surface area contributed by atoms with Crippen LogP contribution in [0.3, 0.4) is 0 Å². The first-order valence-corrected chi connectivity index (χ1v) is 9.47. The Labute approximate surface area is 129 Å². The molecule has 0 fully saturated rings. The fourth-order valence-corrected chi connectivity index (χ4v) is 3.97. The second-order valence-electron chi connectivity index (χ2n) is 3.70. The summed E-state index contributed by atoms with van der Waals surface area (Å²) >= 11 is 4.14. The van der Waals surface area contributed by atoms with E-state index in [1.165, 1.54) is 6.20 Å². The van der Waals surface area contributed by atoms with E-state index in [0.29, 0.717) is 23.3 Å². The summed E-state index contributed by atoms with van der Waals surface area (Å²) in [6.45, 7) is 3.00. The summed E-state index contributed by atoms with van der Waals surface area (Å²) < 4.78 is 17.8. The monoisotopic (exact) mass is 386 g/mol. The zero-order chi connectivity index (χ0) is 15.0. The Kier molecular flexibility index (Phi) is 7.78. The molecule has 1 aromatic rings. The van der Waals surface area contributed by atoms with Crippen molar-refractivity contribution >= 4 is 40.1 Å². The molecule has 0 bridgehead atoms. The molecule has 1 atom stereocenters. The van der Waals surface area contributed by atoms with Gasteiger partial charge in [-0.3, -0.25) is 4.57 Å². The number of aromatic nitrogens is 1. The highest BCUT2D eigenvalue weighted by Gasteiger charge is 2.23. The molecule has 0 aliphatic carbocycles. The summed E-state index contributed by atoms with van der Waals surface area (Å²) in [5.41, 5.74) is 0. The molecule has 0 aliphatic rings. The van der Waals surface area contributed by atoms with Gasteiger partial charge < -0.3 is 14.6 Å². The first kappa shape index (κ1) is 17.7. The van der Waals surface area contributed by atoms with Crippen LogP contribution >= 0.6 is 34.9 Å². The molecule has 1 heterocycles. The van der Waals surface area contributed by atoms with Crippen molar-refractivity contribution in [3.63, 3.8) is 0 Å². The van der Waals surface area contributed by atoms with Gasteiger partial charge in [0.05, 0.1) is 11.5 Å². The van der Waals surface area contributed by atoms with Crippen molar-refractivity contribution in [2.45, 2.75) is 20.0 Å². The van der Waals surface area contributed by atoms with E-state index >= 15 is 0 Å². The molecule has 1 unspecified atom stereocenters. The Morgan fingerprint density at radius 3 is 2.80 bits per heavy atom. The molecule has 0 amide bonds. The maximum Gasteiger partial charge on any atom is 0.423 e. The van der Waals surface area contributed by atoms with E-state index in [4.69, 9.17) is 4.52 Å². The molecule has 0 aliphatic heterocycles. The zero-order valence-electron chi connectivity index (χ0n) is 10.9. The minimum atomic E-state index is -3.15. The van der Waals surface area contributed by atoms with Gasteiger partial charge in [-0.15, -0.1) is 0 Å². The van der Waals surface area contributed by atoms with E-state index in [1.807, 2.05) is 6.92 Å². The van der Waals surface area contributed by atoms with Crippen LogP contribution in [-0.2, 0) is 15.7 Å². The van der Waals surface area contributed by atoms with Crippen LogP contribution < -0.4 is 10.2 Å². The van der Waals surface area contributed by atoms with Gasteiger partial charge in [0.25, 0.3) is 0 Å². The molecule has 114 valence electrons. The average molecular weight is 387 g/mol. The smallest absolute Gasteiger partial charge is 0.357 e. The highest BCUT2D eigenvalue weighted by molar-refractivity contribution is 9.09. The van der Waals surface area contributed by atoms with Crippen LogP contribution in [0.15, 0.2) is 6.20 Å². The van der Waals surface area contributed by atoms with Crippen molar-refractivity contribution in [2.24, 2.45) is 0 Å². The second kappa shape index (κ2) is 8.81.